The number of ketones is 2. The number of hydrogen-bond donors (Lipinski definition) is 0. The Kier molecular flexibility index (Phi) is 2.29. The van der Waals surface area contributed by atoms with Crippen LogP contribution < -0.4 is 0 Å². The quantitative estimate of drug-likeness (QED) is 0.686. The van der Waals surface area contributed by atoms with E-state index < -0.39 is 5.92 Å². The number of rotatable bonds is 1. The number of carbonyl (C=O) groups excluding carboxylic acids is 2. The number of Topliss-reactive ketones (excluding diaryl/α,β-unsaturated/α-hetero) is 2. The highest BCUT2D eigenvalue weighted by atomic mass is 16.2. The van der Waals surface area contributed by atoms with Crippen LogP contribution in [0.3, 0.4) is 0 Å². The van der Waals surface area contributed by atoms with E-state index in [0.717, 1.165) is 5.56 Å². The molecule has 0 amide bonds. The normalized spacial score (nSPS) is 26.9. The summed E-state index contributed by atoms with van der Waals surface area (Å²) >= 11 is 0. The molecule has 1 fully saturated rings. The minimum absolute atomic E-state index is 0.0180. The highest BCUT2D eigenvalue weighted by Gasteiger charge is 2.45. The average molecular weight is 224 g/mol. The maximum atomic E-state index is 12.3. The first-order chi connectivity index (χ1) is 8.29. The molecule has 0 saturated heterocycles. The van der Waals surface area contributed by atoms with Crippen LogP contribution in [0.2, 0.25) is 0 Å². The van der Waals surface area contributed by atoms with Crippen molar-refractivity contribution in [2.45, 2.75) is 12.3 Å². The summed E-state index contributed by atoms with van der Waals surface area (Å²) in [6.07, 6.45) is 6.27. The van der Waals surface area contributed by atoms with Gasteiger partial charge in [0, 0.05) is 5.57 Å². The van der Waals surface area contributed by atoms with Crippen molar-refractivity contribution >= 4 is 11.6 Å². The lowest BCUT2D eigenvalue weighted by molar-refractivity contribution is -0.124. The number of hydrogen-bond acceptors (Lipinski definition) is 2. The molecule has 0 bridgehead atoms. The molecule has 84 valence electrons. The van der Waals surface area contributed by atoms with Gasteiger partial charge in [-0.25, -0.2) is 0 Å². The average Bonchev–Trinajstić information content (AvgIpc) is 2.64. The summed E-state index contributed by atoms with van der Waals surface area (Å²) < 4.78 is 0. The third-order valence-electron chi connectivity index (χ3n) is 3.47. The third kappa shape index (κ3) is 1.48. The van der Waals surface area contributed by atoms with Crippen molar-refractivity contribution in [3.63, 3.8) is 0 Å². The van der Waals surface area contributed by atoms with Gasteiger partial charge in [0.2, 0.25) is 0 Å². The Morgan fingerprint density at radius 3 is 2.53 bits per heavy atom. The zero-order valence-electron chi connectivity index (χ0n) is 9.30. The molecule has 0 spiro atoms. The number of carbonyl (C=O) groups is 2. The lowest BCUT2D eigenvalue weighted by Gasteiger charge is -2.09. The van der Waals surface area contributed by atoms with Crippen molar-refractivity contribution in [3.8, 4) is 0 Å². The molecule has 2 aliphatic rings. The summed E-state index contributed by atoms with van der Waals surface area (Å²) in [5.74, 6) is -0.752. The Morgan fingerprint density at radius 2 is 1.82 bits per heavy atom. The van der Waals surface area contributed by atoms with E-state index in [2.05, 4.69) is 0 Å². The predicted molar refractivity (Wildman–Crippen MR) is 64.5 cm³/mol. The Hall–Kier alpha value is -1.96. The molecule has 2 nitrogen and oxygen atoms in total. The smallest absolute Gasteiger partial charge is 0.174 e. The Bertz CT molecular complexity index is 537. The Morgan fingerprint density at radius 1 is 1.06 bits per heavy atom. The van der Waals surface area contributed by atoms with Gasteiger partial charge in [-0.3, -0.25) is 9.59 Å². The lowest BCUT2D eigenvalue weighted by Crippen LogP contribution is -2.14. The van der Waals surface area contributed by atoms with Crippen LogP contribution in [0.1, 0.15) is 17.9 Å². The fourth-order valence-electron chi connectivity index (χ4n) is 2.61. The zero-order chi connectivity index (χ0) is 11.8. The van der Waals surface area contributed by atoms with Crippen molar-refractivity contribution < 1.29 is 9.59 Å². The van der Waals surface area contributed by atoms with Crippen LogP contribution in [0.4, 0.5) is 0 Å². The topological polar surface area (TPSA) is 34.1 Å². The molecule has 3 rings (SSSR count). The van der Waals surface area contributed by atoms with Gasteiger partial charge < -0.3 is 0 Å². The standard InChI is InChI=1S/C15H12O2/c16-14-11-8-4-5-9-12(11)15(17)13(14)10-6-2-1-3-7-10/h1-8,12-13H,9H2. The van der Waals surface area contributed by atoms with Gasteiger partial charge in [-0.05, 0) is 12.0 Å². The zero-order valence-corrected chi connectivity index (χ0v) is 9.30. The van der Waals surface area contributed by atoms with Crippen molar-refractivity contribution in [1.82, 2.24) is 0 Å². The van der Waals surface area contributed by atoms with E-state index in [1.54, 1.807) is 6.08 Å². The second-order valence-corrected chi connectivity index (χ2v) is 4.45. The van der Waals surface area contributed by atoms with Crippen molar-refractivity contribution in [3.05, 3.63) is 59.7 Å². The molecular weight excluding hydrogens is 212 g/mol. The van der Waals surface area contributed by atoms with Gasteiger partial charge in [-0.15, -0.1) is 0 Å². The summed E-state index contributed by atoms with van der Waals surface area (Å²) in [5, 5.41) is 0. The molecule has 0 N–H and O–H groups in total. The molecule has 0 aromatic heterocycles. The van der Waals surface area contributed by atoms with Crippen LogP contribution in [-0.4, -0.2) is 11.6 Å². The fourth-order valence-corrected chi connectivity index (χ4v) is 2.61. The van der Waals surface area contributed by atoms with Gasteiger partial charge in [0.25, 0.3) is 0 Å². The van der Waals surface area contributed by atoms with E-state index in [0.29, 0.717) is 12.0 Å². The first kappa shape index (κ1) is 10.2. The van der Waals surface area contributed by atoms with E-state index >= 15 is 0 Å². The highest BCUT2D eigenvalue weighted by molar-refractivity contribution is 6.24. The van der Waals surface area contributed by atoms with Crippen LogP contribution in [0, 0.1) is 5.92 Å². The predicted octanol–water partition coefficient (Wildman–Crippen LogP) is 2.42. The van der Waals surface area contributed by atoms with Gasteiger partial charge in [0.1, 0.15) is 5.92 Å². The van der Waals surface area contributed by atoms with Gasteiger partial charge in [-0.2, -0.15) is 0 Å². The largest absolute Gasteiger partial charge is 0.298 e. The first-order valence-electron chi connectivity index (χ1n) is 5.78. The molecule has 0 heterocycles. The van der Waals surface area contributed by atoms with Gasteiger partial charge >= 0.3 is 0 Å². The first-order valence-corrected chi connectivity index (χ1v) is 5.78. The third-order valence-corrected chi connectivity index (χ3v) is 3.47. The summed E-state index contributed by atoms with van der Waals surface area (Å²) in [5.41, 5.74) is 1.50. The lowest BCUT2D eigenvalue weighted by atomic mass is 9.92. The molecule has 2 atom stereocenters. The minimum atomic E-state index is -0.577. The van der Waals surface area contributed by atoms with E-state index in [-0.39, 0.29) is 17.5 Å². The number of fused-ring (bicyclic) bond motifs is 1. The van der Waals surface area contributed by atoms with E-state index in [1.807, 2.05) is 42.5 Å². The summed E-state index contributed by atoms with van der Waals surface area (Å²) in [4.78, 5) is 24.5. The van der Waals surface area contributed by atoms with Gasteiger partial charge in [-0.1, -0.05) is 48.6 Å². The SMILES string of the molecule is O=C1C2=CC=CCC2C(=O)C1c1ccccc1. The molecular formula is C15H12O2. The maximum Gasteiger partial charge on any atom is 0.174 e. The summed E-state index contributed by atoms with van der Waals surface area (Å²) in [7, 11) is 0. The number of allylic oxidation sites excluding steroid dienone is 4. The van der Waals surface area contributed by atoms with Crippen molar-refractivity contribution in [1.29, 1.82) is 0 Å². The number of benzene rings is 1. The van der Waals surface area contributed by atoms with Crippen molar-refractivity contribution in [2.24, 2.45) is 5.92 Å². The van der Waals surface area contributed by atoms with Crippen LogP contribution >= 0.6 is 0 Å². The molecule has 1 saturated carbocycles. The second-order valence-electron chi connectivity index (χ2n) is 4.45. The van der Waals surface area contributed by atoms with Gasteiger partial charge in [0.05, 0.1) is 5.92 Å². The molecule has 2 heteroatoms. The molecule has 0 radical (unpaired) electrons. The van der Waals surface area contributed by atoms with E-state index in [1.165, 1.54) is 0 Å². The van der Waals surface area contributed by atoms with E-state index in [4.69, 9.17) is 0 Å². The van der Waals surface area contributed by atoms with Crippen LogP contribution in [0.15, 0.2) is 54.1 Å². The molecule has 0 aliphatic heterocycles. The molecule has 2 unspecified atom stereocenters. The summed E-state index contributed by atoms with van der Waals surface area (Å²) in [6.45, 7) is 0. The Labute approximate surface area is 99.6 Å². The maximum absolute atomic E-state index is 12.3. The van der Waals surface area contributed by atoms with Crippen LogP contribution in [-0.2, 0) is 9.59 Å². The highest BCUT2D eigenvalue weighted by Crippen LogP contribution is 2.39. The molecule has 17 heavy (non-hydrogen) atoms. The van der Waals surface area contributed by atoms with Gasteiger partial charge in [0.15, 0.2) is 11.6 Å². The second kappa shape index (κ2) is 3.81. The van der Waals surface area contributed by atoms with Crippen LogP contribution in [0.5, 0.6) is 0 Å². The Balaban J connectivity index is 2.04. The molecule has 2 aliphatic carbocycles. The monoisotopic (exact) mass is 224 g/mol. The molecule has 1 aromatic carbocycles. The van der Waals surface area contributed by atoms with E-state index in [9.17, 15) is 9.59 Å². The molecule has 1 aromatic rings. The minimum Gasteiger partial charge on any atom is -0.298 e. The fraction of sp³-hybridized carbons (Fsp3) is 0.200. The van der Waals surface area contributed by atoms with Crippen molar-refractivity contribution in [2.75, 3.05) is 0 Å². The summed E-state index contributed by atoms with van der Waals surface area (Å²) in [6, 6.07) is 9.33. The van der Waals surface area contributed by atoms with Crippen LogP contribution in [0.25, 0.3) is 0 Å².